The normalized spacial score (nSPS) is 19.0. The minimum absolute atomic E-state index is 0.211. The van der Waals surface area contributed by atoms with Gasteiger partial charge in [-0.3, -0.25) is 9.48 Å². The van der Waals surface area contributed by atoms with Crippen molar-refractivity contribution in [2.45, 2.75) is 51.4 Å². The van der Waals surface area contributed by atoms with Crippen molar-refractivity contribution in [2.75, 3.05) is 18.5 Å². The first kappa shape index (κ1) is 19.4. The summed E-state index contributed by atoms with van der Waals surface area (Å²) in [5, 5.41) is 9.93. The molecule has 0 saturated carbocycles. The fraction of sp³-hybridized carbons (Fsp3) is 0.476. The average molecular weight is 397 g/mol. The lowest BCUT2D eigenvalue weighted by Gasteiger charge is -2.15. The molecule has 8 nitrogen and oxygen atoms in total. The van der Waals surface area contributed by atoms with Gasteiger partial charge >= 0.3 is 6.03 Å². The van der Waals surface area contributed by atoms with Crippen LogP contribution in [0, 0.1) is 0 Å². The highest BCUT2D eigenvalue weighted by atomic mass is 16.5. The number of likely N-dealkylation sites (tertiary alicyclic amines) is 1. The lowest BCUT2D eigenvalue weighted by atomic mass is 10.1. The summed E-state index contributed by atoms with van der Waals surface area (Å²) in [5.74, 6) is 0.228. The summed E-state index contributed by atoms with van der Waals surface area (Å²) < 4.78 is 7.41. The van der Waals surface area contributed by atoms with Crippen LogP contribution in [0.25, 0.3) is 0 Å². The summed E-state index contributed by atoms with van der Waals surface area (Å²) in [5.41, 5.74) is 2.77. The summed E-state index contributed by atoms with van der Waals surface area (Å²) >= 11 is 0. The van der Waals surface area contributed by atoms with Gasteiger partial charge in [0.05, 0.1) is 24.5 Å². The molecule has 2 aliphatic heterocycles. The lowest BCUT2D eigenvalue weighted by molar-refractivity contribution is -0.128. The molecule has 2 fully saturated rings. The van der Waals surface area contributed by atoms with Crippen LogP contribution >= 0.6 is 0 Å². The second kappa shape index (κ2) is 9.09. The molecule has 1 aromatic carbocycles. The number of carbonyl (C=O) groups excluding carboxylic acids is 2. The molecule has 2 aromatic rings. The molecular weight excluding hydrogens is 370 g/mol. The average Bonchev–Trinajstić information content (AvgIpc) is 3.46. The van der Waals surface area contributed by atoms with Crippen molar-refractivity contribution in [3.63, 3.8) is 0 Å². The van der Waals surface area contributed by atoms with E-state index >= 15 is 0 Å². The van der Waals surface area contributed by atoms with Gasteiger partial charge in [0.2, 0.25) is 5.91 Å². The van der Waals surface area contributed by atoms with E-state index in [4.69, 9.17) is 4.74 Å². The van der Waals surface area contributed by atoms with Crippen LogP contribution in [0.5, 0.6) is 0 Å². The zero-order valence-corrected chi connectivity index (χ0v) is 16.5. The van der Waals surface area contributed by atoms with Gasteiger partial charge in [-0.25, -0.2) is 4.79 Å². The number of carbonyl (C=O) groups is 2. The van der Waals surface area contributed by atoms with Crippen LogP contribution in [-0.2, 0) is 29.2 Å². The summed E-state index contributed by atoms with van der Waals surface area (Å²) in [4.78, 5) is 25.8. The maximum Gasteiger partial charge on any atom is 0.319 e. The van der Waals surface area contributed by atoms with Gasteiger partial charge in [-0.2, -0.15) is 5.10 Å². The molecule has 2 N–H and O–H groups in total. The predicted octanol–water partition coefficient (Wildman–Crippen LogP) is 2.51. The first-order chi connectivity index (χ1) is 14.2. The molecule has 154 valence electrons. The predicted molar refractivity (Wildman–Crippen MR) is 108 cm³/mol. The Morgan fingerprint density at radius 3 is 2.76 bits per heavy atom. The van der Waals surface area contributed by atoms with E-state index in [1.165, 1.54) is 0 Å². The van der Waals surface area contributed by atoms with Crippen molar-refractivity contribution in [1.29, 1.82) is 0 Å². The van der Waals surface area contributed by atoms with Gasteiger partial charge in [0, 0.05) is 38.9 Å². The number of rotatable bonds is 7. The standard InChI is InChI=1S/C21H27N5O3/c27-20-4-1-9-25(20)13-17-7-5-16(6-8-17)11-22-21(28)24-18-12-23-26(14-18)15-19-3-2-10-29-19/h5-8,12,14,19H,1-4,9-11,13,15H2,(H2,22,24,28). The number of ether oxygens (including phenoxy) is 1. The molecule has 4 rings (SSSR count). The third-order valence-corrected chi connectivity index (χ3v) is 5.33. The van der Waals surface area contributed by atoms with E-state index in [1.54, 1.807) is 10.9 Å². The van der Waals surface area contributed by atoms with E-state index in [1.807, 2.05) is 35.4 Å². The molecule has 0 aliphatic carbocycles. The fourth-order valence-corrected chi connectivity index (χ4v) is 3.74. The Kier molecular flexibility index (Phi) is 6.09. The third kappa shape index (κ3) is 5.35. The number of benzene rings is 1. The zero-order valence-electron chi connectivity index (χ0n) is 16.5. The minimum Gasteiger partial charge on any atom is -0.376 e. The zero-order chi connectivity index (χ0) is 20.1. The van der Waals surface area contributed by atoms with E-state index in [-0.39, 0.29) is 18.0 Å². The van der Waals surface area contributed by atoms with Crippen LogP contribution in [0.15, 0.2) is 36.7 Å². The molecule has 3 amide bonds. The van der Waals surface area contributed by atoms with Crippen molar-refractivity contribution >= 4 is 17.6 Å². The second-order valence-corrected chi connectivity index (χ2v) is 7.63. The van der Waals surface area contributed by atoms with Crippen molar-refractivity contribution in [1.82, 2.24) is 20.0 Å². The quantitative estimate of drug-likeness (QED) is 0.751. The molecule has 8 heteroatoms. The maximum absolute atomic E-state index is 12.1. The van der Waals surface area contributed by atoms with Crippen molar-refractivity contribution in [3.05, 3.63) is 47.8 Å². The van der Waals surface area contributed by atoms with E-state index in [9.17, 15) is 9.59 Å². The molecule has 29 heavy (non-hydrogen) atoms. The number of anilines is 1. The van der Waals surface area contributed by atoms with Gasteiger partial charge in [0.15, 0.2) is 0 Å². The van der Waals surface area contributed by atoms with Crippen LogP contribution in [0.4, 0.5) is 10.5 Å². The molecule has 2 saturated heterocycles. The number of hydrogen-bond acceptors (Lipinski definition) is 4. The Bertz CT molecular complexity index is 842. The Hall–Kier alpha value is -2.87. The molecule has 0 spiro atoms. The summed E-state index contributed by atoms with van der Waals surface area (Å²) in [6.07, 6.45) is 7.42. The molecule has 1 atom stereocenters. The Labute approximate surface area is 170 Å². The number of urea groups is 1. The maximum atomic E-state index is 12.1. The molecule has 2 aliphatic rings. The number of nitrogens with one attached hydrogen (secondary N) is 2. The highest BCUT2D eigenvalue weighted by Gasteiger charge is 2.20. The van der Waals surface area contributed by atoms with Crippen LogP contribution in [0.2, 0.25) is 0 Å². The highest BCUT2D eigenvalue weighted by molar-refractivity contribution is 5.88. The van der Waals surface area contributed by atoms with Gasteiger partial charge in [-0.1, -0.05) is 24.3 Å². The van der Waals surface area contributed by atoms with Crippen LogP contribution in [0.3, 0.4) is 0 Å². The molecule has 1 unspecified atom stereocenters. The third-order valence-electron chi connectivity index (χ3n) is 5.33. The SMILES string of the molecule is O=C(NCc1ccc(CN2CCCC2=O)cc1)Nc1cnn(CC2CCCO2)c1. The second-order valence-electron chi connectivity index (χ2n) is 7.63. The largest absolute Gasteiger partial charge is 0.376 e. The molecular formula is C21H27N5O3. The van der Waals surface area contributed by atoms with Crippen molar-refractivity contribution < 1.29 is 14.3 Å². The van der Waals surface area contributed by atoms with Gasteiger partial charge in [-0.15, -0.1) is 0 Å². The number of nitrogens with zero attached hydrogens (tertiary/aromatic N) is 3. The van der Waals surface area contributed by atoms with Gasteiger partial charge in [-0.05, 0) is 30.4 Å². The topological polar surface area (TPSA) is 88.5 Å². The first-order valence-corrected chi connectivity index (χ1v) is 10.2. The minimum atomic E-state index is -0.270. The van der Waals surface area contributed by atoms with E-state index in [0.29, 0.717) is 31.7 Å². The first-order valence-electron chi connectivity index (χ1n) is 10.2. The number of amides is 3. The Morgan fingerprint density at radius 1 is 1.21 bits per heavy atom. The summed E-state index contributed by atoms with van der Waals surface area (Å²) in [6.45, 7) is 3.45. The van der Waals surface area contributed by atoms with Crippen molar-refractivity contribution in [3.8, 4) is 0 Å². The lowest BCUT2D eigenvalue weighted by Crippen LogP contribution is -2.28. The summed E-state index contributed by atoms with van der Waals surface area (Å²) in [7, 11) is 0. The Morgan fingerprint density at radius 2 is 2.03 bits per heavy atom. The van der Waals surface area contributed by atoms with Gasteiger partial charge in [0.1, 0.15) is 0 Å². The summed E-state index contributed by atoms with van der Waals surface area (Å²) in [6, 6.07) is 7.71. The number of hydrogen-bond donors (Lipinski definition) is 2. The van der Waals surface area contributed by atoms with E-state index < -0.39 is 0 Å². The monoisotopic (exact) mass is 397 g/mol. The van der Waals surface area contributed by atoms with Gasteiger partial charge < -0.3 is 20.3 Å². The smallest absolute Gasteiger partial charge is 0.319 e. The van der Waals surface area contributed by atoms with Crippen LogP contribution in [0.1, 0.15) is 36.8 Å². The Balaban J connectivity index is 1.21. The van der Waals surface area contributed by atoms with Crippen LogP contribution < -0.4 is 10.6 Å². The number of aromatic nitrogens is 2. The van der Waals surface area contributed by atoms with Crippen molar-refractivity contribution in [2.24, 2.45) is 0 Å². The highest BCUT2D eigenvalue weighted by Crippen LogP contribution is 2.16. The molecule has 0 bridgehead atoms. The van der Waals surface area contributed by atoms with E-state index in [2.05, 4.69) is 15.7 Å². The fourth-order valence-electron chi connectivity index (χ4n) is 3.74. The molecule has 3 heterocycles. The van der Waals surface area contributed by atoms with Crippen LogP contribution in [-0.4, -0.2) is 45.9 Å². The molecule has 1 aromatic heterocycles. The molecule has 0 radical (unpaired) electrons. The van der Waals surface area contributed by atoms with E-state index in [0.717, 1.165) is 43.5 Å². The van der Waals surface area contributed by atoms with Gasteiger partial charge in [0.25, 0.3) is 0 Å².